The highest BCUT2D eigenvalue weighted by Crippen LogP contribution is 2.33. The highest BCUT2D eigenvalue weighted by atomic mass is 16.5. The first-order valence-corrected chi connectivity index (χ1v) is 6.11. The lowest BCUT2D eigenvalue weighted by molar-refractivity contribution is -0.143. The molecule has 0 spiro atoms. The molecule has 1 aromatic carbocycles. The van der Waals surface area contributed by atoms with Gasteiger partial charge in [-0.2, -0.15) is 0 Å². The summed E-state index contributed by atoms with van der Waals surface area (Å²) in [6.45, 7) is 1.89. The Hall–Kier alpha value is -1.77. The minimum absolute atomic E-state index is 0.181. The molecule has 96 valence electrons. The molecule has 0 bridgehead atoms. The quantitative estimate of drug-likeness (QED) is 0.769. The summed E-state index contributed by atoms with van der Waals surface area (Å²) >= 11 is 0. The van der Waals surface area contributed by atoms with Gasteiger partial charge in [-0.3, -0.25) is 4.79 Å². The summed E-state index contributed by atoms with van der Waals surface area (Å²) in [6.07, 6.45) is 3.91. The summed E-state index contributed by atoms with van der Waals surface area (Å²) in [5, 5.41) is 0. The van der Waals surface area contributed by atoms with Gasteiger partial charge in [0.15, 0.2) is 0 Å². The first-order chi connectivity index (χ1) is 8.67. The molecule has 0 saturated heterocycles. The Kier molecular flexibility index (Phi) is 3.70. The van der Waals surface area contributed by atoms with E-state index < -0.39 is 0 Å². The van der Waals surface area contributed by atoms with Crippen molar-refractivity contribution in [2.24, 2.45) is 5.92 Å². The van der Waals surface area contributed by atoms with Crippen molar-refractivity contribution in [3.8, 4) is 5.75 Å². The number of benzene rings is 1. The number of rotatable bonds is 3. The first kappa shape index (κ1) is 12.7. The van der Waals surface area contributed by atoms with Gasteiger partial charge in [-0.1, -0.05) is 23.8 Å². The molecule has 0 radical (unpaired) electrons. The Labute approximate surface area is 107 Å². The van der Waals surface area contributed by atoms with Gasteiger partial charge in [0.05, 0.1) is 20.1 Å². The van der Waals surface area contributed by atoms with E-state index in [0.29, 0.717) is 0 Å². The van der Waals surface area contributed by atoms with Gasteiger partial charge in [-0.05, 0) is 31.4 Å². The number of carbonyl (C=O) groups excluding carboxylic acids is 1. The molecular formula is C15H18O3. The smallest absolute Gasteiger partial charge is 0.312 e. The van der Waals surface area contributed by atoms with E-state index in [4.69, 9.17) is 9.47 Å². The third-order valence-corrected chi connectivity index (χ3v) is 3.50. The summed E-state index contributed by atoms with van der Waals surface area (Å²) in [5.74, 6) is 0.495. The van der Waals surface area contributed by atoms with E-state index in [2.05, 4.69) is 12.1 Å². The number of ether oxygens (including phenoxy) is 2. The van der Waals surface area contributed by atoms with Gasteiger partial charge in [0.25, 0.3) is 0 Å². The average molecular weight is 246 g/mol. The molecule has 0 aliphatic heterocycles. The molecule has 3 heteroatoms. The van der Waals surface area contributed by atoms with E-state index in [1.54, 1.807) is 7.11 Å². The Balaban J connectivity index is 2.37. The van der Waals surface area contributed by atoms with E-state index in [1.165, 1.54) is 12.7 Å². The maximum absolute atomic E-state index is 11.6. The van der Waals surface area contributed by atoms with Crippen LogP contribution in [0.5, 0.6) is 5.75 Å². The Morgan fingerprint density at radius 3 is 2.72 bits per heavy atom. The number of hydrogen-bond donors (Lipinski definition) is 0. The van der Waals surface area contributed by atoms with Crippen LogP contribution in [0.1, 0.15) is 24.5 Å². The van der Waals surface area contributed by atoms with E-state index in [1.807, 2.05) is 19.1 Å². The number of esters is 1. The minimum Gasteiger partial charge on any atom is -0.496 e. The fraction of sp³-hybridized carbons (Fsp3) is 0.400. The van der Waals surface area contributed by atoms with Gasteiger partial charge in [-0.25, -0.2) is 0 Å². The SMILES string of the molecule is COC(=O)C(C)C1=Cc2c(cccc2OC)CC1. The summed E-state index contributed by atoms with van der Waals surface area (Å²) < 4.78 is 10.2. The van der Waals surface area contributed by atoms with Crippen LogP contribution < -0.4 is 4.74 Å². The lowest BCUT2D eigenvalue weighted by Crippen LogP contribution is -2.17. The Morgan fingerprint density at radius 1 is 1.28 bits per heavy atom. The van der Waals surface area contributed by atoms with Crippen molar-refractivity contribution in [3.05, 3.63) is 34.9 Å². The topological polar surface area (TPSA) is 35.5 Å². The molecule has 0 heterocycles. The molecule has 3 nitrogen and oxygen atoms in total. The summed E-state index contributed by atoms with van der Waals surface area (Å²) in [5.41, 5.74) is 3.48. The second-order valence-electron chi connectivity index (χ2n) is 4.50. The van der Waals surface area contributed by atoms with Crippen molar-refractivity contribution in [3.63, 3.8) is 0 Å². The van der Waals surface area contributed by atoms with E-state index >= 15 is 0 Å². The van der Waals surface area contributed by atoms with Crippen molar-refractivity contribution in [2.75, 3.05) is 14.2 Å². The maximum atomic E-state index is 11.6. The molecule has 0 N–H and O–H groups in total. The molecule has 18 heavy (non-hydrogen) atoms. The van der Waals surface area contributed by atoms with Crippen molar-refractivity contribution in [1.82, 2.24) is 0 Å². The van der Waals surface area contributed by atoms with Crippen LogP contribution in [-0.4, -0.2) is 20.2 Å². The lowest BCUT2D eigenvalue weighted by Gasteiger charge is -2.21. The largest absolute Gasteiger partial charge is 0.496 e. The predicted octanol–water partition coefficient (Wildman–Crippen LogP) is 2.83. The van der Waals surface area contributed by atoms with Gasteiger partial charge in [0, 0.05) is 5.56 Å². The summed E-state index contributed by atoms with van der Waals surface area (Å²) in [7, 11) is 3.10. The van der Waals surface area contributed by atoms with Gasteiger partial charge in [0.1, 0.15) is 5.75 Å². The zero-order chi connectivity index (χ0) is 13.1. The number of methoxy groups -OCH3 is 2. The molecule has 0 aromatic heterocycles. The lowest BCUT2D eigenvalue weighted by atomic mass is 9.86. The zero-order valence-corrected chi connectivity index (χ0v) is 11.0. The molecule has 1 atom stereocenters. The van der Waals surface area contributed by atoms with E-state index in [-0.39, 0.29) is 11.9 Å². The number of carbonyl (C=O) groups is 1. The second-order valence-corrected chi connectivity index (χ2v) is 4.50. The zero-order valence-electron chi connectivity index (χ0n) is 11.0. The molecule has 0 fully saturated rings. The molecule has 1 aromatic rings. The fourth-order valence-corrected chi connectivity index (χ4v) is 2.36. The van der Waals surface area contributed by atoms with Crippen molar-refractivity contribution in [1.29, 1.82) is 0 Å². The minimum atomic E-state index is -0.187. The highest BCUT2D eigenvalue weighted by Gasteiger charge is 2.22. The predicted molar refractivity (Wildman–Crippen MR) is 70.5 cm³/mol. The molecular weight excluding hydrogens is 228 g/mol. The van der Waals surface area contributed by atoms with Crippen LogP contribution in [0.25, 0.3) is 6.08 Å². The van der Waals surface area contributed by atoms with Crippen LogP contribution in [-0.2, 0) is 16.0 Å². The van der Waals surface area contributed by atoms with Crippen LogP contribution in [0, 0.1) is 5.92 Å². The van der Waals surface area contributed by atoms with E-state index in [9.17, 15) is 4.79 Å². The van der Waals surface area contributed by atoms with Crippen LogP contribution >= 0.6 is 0 Å². The summed E-state index contributed by atoms with van der Waals surface area (Å²) in [6, 6.07) is 6.05. The fourth-order valence-electron chi connectivity index (χ4n) is 2.36. The third-order valence-electron chi connectivity index (χ3n) is 3.50. The van der Waals surface area contributed by atoms with Crippen LogP contribution in [0.4, 0.5) is 0 Å². The molecule has 2 rings (SSSR count). The van der Waals surface area contributed by atoms with Crippen molar-refractivity contribution < 1.29 is 14.3 Å². The van der Waals surface area contributed by atoms with Gasteiger partial charge in [-0.15, -0.1) is 0 Å². The normalized spacial score (nSPS) is 15.4. The molecule has 1 aliphatic rings. The first-order valence-electron chi connectivity index (χ1n) is 6.11. The van der Waals surface area contributed by atoms with Gasteiger partial charge in [0.2, 0.25) is 0 Å². The maximum Gasteiger partial charge on any atom is 0.312 e. The van der Waals surface area contributed by atoms with Gasteiger partial charge >= 0.3 is 5.97 Å². The molecule has 1 aliphatic carbocycles. The molecule has 1 unspecified atom stereocenters. The van der Waals surface area contributed by atoms with Crippen molar-refractivity contribution >= 4 is 12.0 Å². The Morgan fingerprint density at radius 2 is 2.06 bits per heavy atom. The average Bonchev–Trinajstić information content (AvgIpc) is 2.44. The van der Waals surface area contributed by atoms with Gasteiger partial charge < -0.3 is 9.47 Å². The number of aryl methyl sites for hydroxylation is 1. The highest BCUT2D eigenvalue weighted by molar-refractivity contribution is 5.79. The standard InChI is InChI=1S/C15H18O3/c1-10(15(16)18-3)12-8-7-11-5-4-6-14(17-2)13(11)9-12/h4-6,9-10H,7-8H2,1-3H3. The monoisotopic (exact) mass is 246 g/mol. The number of hydrogen-bond acceptors (Lipinski definition) is 3. The Bertz CT molecular complexity index is 489. The van der Waals surface area contributed by atoms with Crippen LogP contribution in [0.15, 0.2) is 23.8 Å². The molecule has 0 saturated carbocycles. The third kappa shape index (κ3) is 2.26. The number of fused-ring (bicyclic) bond motifs is 1. The van der Waals surface area contributed by atoms with E-state index in [0.717, 1.165) is 29.7 Å². The molecule has 0 amide bonds. The van der Waals surface area contributed by atoms with Crippen molar-refractivity contribution in [2.45, 2.75) is 19.8 Å². The summed E-state index contributed by atoms with van der Waals surface area (Å²) in [4.78, 5) is 11.6. The second kappa shape index (κ2) is 5.25. The van der Waals surface area contributed by atoms with Crippen LogP contribution in [0.2, 0.25) is 0 Å². The van der Waals surface area contributed by atoms with Crippen LogP contribution in [0.3, 0.4) is 0 Å².